The van der Waals surface area contributed by atoms with Gasteiger partial charge in [0, 0.05) is 37.4 Å². The molecule has 3 rings (SSSR count). The van der Waals surface area contributed by atoms with Crippen molar-refractivity contribution >= 4 is 6.03 Å². The second-order valence-corrected chi connectivity index (χ2v) is 7.88. The summed E-state index contributed by atoms with van der Waals surface area (Å²) in [6, 6.07) is 17.4. The summed E-state index contributed by atoms with van der Waals surface area (Å²) in [5.74, 6) is 0.257. The van der Waals surface area contributed by atoms with Gasteiger partial charge in [-0.3, -0.25) is 5.01 Å². The molecule has 1 aliphatic heterocycles. The van der Waals surface area contributed by atoms with Crippen LogP contribution in [0.15, 0.2) is 66.5 Å². The molecule has 0 spiro atoms. The molecule has 0 fully saturated rings. The molecule has 0 unspecified atom stereocenters. The van der Waals surface area contributed by atoms with Crippen LogP contribution in [0.4, 0.5) is 4.79 Å². The average molecular weight is 425 g/mol. The highest BCUT2D eigenvalue weighted by atomic mass is 16.3. The van der Waals surface area contributed by atoms with E-state index in [1.165, 1.54) is 5.56 Å². The van der Waals surface area contributed by atoms with E-state index in [4.69, 9.17) is 0 Å². The molecule has 0 aliphatic carbocycles. The third-order valence-corrected chi connectivity index (χ3v) is 5.18. The number of rotatable bonds is 10. The molecule has 1 aliphatic rings. The van der Waals surface area contributed by atoms with E-state index in [9.17, 15) is 9.90 Å². The standard InChI is InChI=1S/C23H32N6O2/c1-28(2)21(14-18-8-10-22(30)11-9-18)15-25-23(31)24-13-12-20-17-29(27-26-20)16-19-6-4-3-5-7-19/h3-11,17,21,26-27,30H,12-16H2,1-2H3,(H2,24,25,31)/t21-/m0/s1. The number of likely N-dealkylation sites (N-methyl/N-ethyl adjacent to an activating group) is 1. The number of hydrazine groups is 2. The zero-order chi connectivity index (χ0) is 22.1. The van der Waals surface area contributed by atoms with Gasteiger partial charge >= 0.3 is 6.03 Å². The highest BCUT2D eigenvalue weighted by molar-refractivity contribution is 5.73. The van der Waals surface area contributed by atoms with E-state index >= 15 is 0 Å². The van der Waals surface area contributed by atoms with Crippen molar-refractivity contribution in [1.29, 1.82) is 0 Å². The molecule has 8 nitrogen and oxygen atoms in total. The Bertz CT molecular complexity index is 854. The van der Waals surface area contributed by atoms with Crippen molar-refractivity contribution in [1.82, 2.24) is 31.5 Å². The normalized spacial score (nSPS) is 14.2. The van der Waals surface area contributed by atoms with Crippen molar-refractivity contribution in [3.8, 4) is 5.75 Å². The Morgan fingerprint density at radius 2 is 1.81 bits per heavy atom. The van der Waals surface area contributed by atoms with Crippen molar-refractivity contribution in [2.24, 2.45) is 0 Å². The maximum absolute atomic E-state index is 12.2. The van der Waals surface area contributed by atoms with Gasteiger partial charge in [-0.25, -0.2) is 4.79 Å². The number of nitrogens with one attached hydrogen (secondary N) is 4. The Morgan fingerprint density at radius 1 is 1.06 bits per heavy atom. The minimum atomic E-state index is -0.176. The highest BCUT2D eigenvalue weighted by Crippen LogP contribution is 2.12. The number of urea groups is 1. The Hall–Kier alpha value is -3.23. The molecule has 166 valence electrons. The predicted octanol–water partition coefficient (Wildman–Crippen LogP) is 1.92. The van der Waals surface area contributed by atoms with E-state index in [0.29, 0.717) is 19.5 Å². The first-order chi connectivity index (χ1) is 15.0. The van der Waals surface area contributed by atoms with E-state index in [-0.39, 0.29) is 17.8 Å². The van der Waals surface area contributed by atoms with Crippen LogP contribution in [0.25, 0.3) is 0 Å². The number of hydrogen-bond acceptors (Lipinski definition) is 6. The quantitative estimate of drug-likeness (QED) is 0.400. The lowest BCUT2D eigenvalue weighted by Gasteiger charge is -2.25. The Labute approximate surface area is 183 Å². The number of carbonyl (C=O) groups excluding carboxylic acids is 1. The monoisotopic (exact) mass is 424 g/mol. The van der Waals surface area contributed by atoms with Gasteiger partial charge in [0.05, 0.1) is 6.54 Å². The largest absolute Gasteiger partial charge is 0.508 e. The lowest BCUT2D eigenvalue weighted by Crippen LogP contribution is -2.45. The molecule has 2 aromatic carbocycles. The van der Waals surface area contributed by atoms with E-state index in [0.717, 1.165) is 24.2 Å². The lowest BCUT2D eigenvalue weighted by atomic mass is 10.1. The van der Waals surface area contributed by atoms with Gasteiger partial charge < -0.3 is 26.1 Å². The molecule has 2 amide bonds. The number of carbonyl (C=O) groups is 1. The maximum Gasteiger partial charge on any atom is 0.314 e. The van der Waals surface area contributed by atoms with Gasteiger partial charge in [-0.1, -0.05) is 42.5 Å². The molecule has 8 heteroatoms. The number of aromatic hydroxyl groups is 1. The first-order valence-electron chi connectivity index (χ1n) is 10.5. The van der Waals surface area contributed by atoms with Crippen LogP contribution >= 0.6 is 0 Å². The summed E-state index contributed by atoms with van der Waals surface area (Å²) >= 11 is 0. The number of hydrogen-bond donors (Lipinski definition) is 5. The second-order valence-electron chi connectivity index (χ2n) is 7.88. The number of phenols is 1. The molecule has 1 atom stereocenters. The number of phenolic OH excluding ortho intramolecular Hbond substituents is 1. The van der Waals surface area contributed by atoms with Crippen molar-refractivity contribution in [2.45, 2.75) is 25.4 Å². The van der Waals surface area contributed by atoms with Crippen molar-refractivity contribution in [2.75, 3.05) is 27.2 Å². The minimum absolute atomic E-state index is 0.158. The van der Waals surface area contributed by atoms with Gasteiger partial charge in [-0.15, -0.1) is 5.53 Å². The molecule has 2 aromatic rings. The Morgan fingerprint density at radius 3 is 2.52 bits per heavy atom. The van der Waals surface area contributed by atoms with Crippen LogP contribution in [-0.4, -0.2) is 54.3 Å². The third kappa shape index (κ3) is 7.51. The van der Waals surface area contributed by atoms with Crippen LogP contribution in [0.2, 0.25) is 0 Å². The first-order valence-corrected chi connectivity index (χ1v) is 10.5. The average Bonchev–Trinajstić information content (AvgIpc) is 3.20. The summed E-state index contributed by atoms with van der Waals surface area (Å²) in [6.45, 7) is 1.83. The van der Waals surface area contributed by atoms with Crippen LogP contribution in [0.5, 0.6) is 5.75 Å². The summed E-state index contributed by atoms with van der Waals surface area (Å²) in [6.07, 6.45) is 3.51. The summed E-state index contributed by atoms with van der Waals surface area (Å²) in [5.41, 5.74) is 9.61. The molecule has 0 aromatic heterocycles. The molecule has 5 N–H and O–H groups in total. The maximum atomic E-state index is 12.2. The summed E-state index contributed by atoms with van der Waals surface area (Å²) in [5, 5.41) is 17.3. The third-order valence-electron chi connectivity index (χ3n) is 5.18. The zero-order valence-electron chi connectivity index (χ0n) is 18.1. The lowest BCUT2D eigenvalue weighted by molar-refractivity contribution is 0.232. The molecular formula is C23H32N6O2. The fourth-order valence-corrected chi connectivity index (χ4v) is 3.31. The van der Waals surface area contributed by atoms with Crippen LogP contribution in [0, 0.1) is 0 Å². The number of benzene rings is 2. The molecule has 0 radical (unpaired) electrons. The van der Waals surface area contributed by atoms with Crippen molar-refractivity contribution in [3.05, 3.63) is 77.6 Å². The van der Waals surface area contributed by atoms with Crippen molar-refractivity contribution in [3.63, 3.8) is 0 Å². The molecule has 31 heavy (non-hydrogen) atoms. The van der Waals surface area contributed by atoms with E-state index in [1.807, 2.05) is 55.6 Å². The molecule has 1 heterocycles. The van der Waals surface area contributed by atoms with Gasteiger partial charge in [-0.2, -0.15) is 0 Å². The van der Waals surface area contributed by atoms with Crippen molar-refractivity contribution < 1.29 is 9.90 Å². The van der Waals surface area contributed by atoms with E-state index in [2.05, 4.69) is 38.6 Å². The molecule has 0 bridgehead atoms. The SMILES string of the molecule is CN(C)[C@H](CNC(=O)NCCC1=CN(Cc2ccccc2)NN1)Cc1ccc(O)cc1. The molecule has 0 saturated carbocycles. The first kappa shape index (κ1) is 22.5. The van der Waals surface area contributed by atoms with E-state index < -0.39 is 0 Å². The number of nitrogens with zero attached hydrogens (tertiary/aromatic N) is 2. The molecular weight excluding hydrogens is 392 g/mol. The Balaban J connectivity index is 1.36. The van der Waals surface area contributed by atoms with Gasteiger partial charge in [0.25, 0.3) is 0 Å². The fourth-order valence-electron chi connectivity index (χ4n) is 3.31. The topological polar surface area (TPSA) is 91.9 Å². The summed E-state index contributed by atoms with van der Waals surface area (Å²) in [4.78, 5) is 14.3. The Kier molecular flexibility index (Phi) is 8.14. The smallest absolute Gasteiger partial charge is 0.314 e. The van der Waals surface area contributed by atoms with Gasteiger partial charge in [0.1, 0.15) is 5.75 Å². The highest BCUT2D eigenvalue weighted by Gasteiger charge is 2.15. The second kappa shape index (κ2) is 11.2. The minimum Gasteiger partial charge on any atom is -0.508 e. The summed E-state index contributed by atoms with van der Waals surface area (Å²) < 4.78 is 0. The van der Waals surface area contributed by atoms with Gasteiger partial charge in [0.2, 0.25) is 0 Å². The van der Waals surface area contributed by atoms with Crippen LogP contribution in [0.1, 0.15) is 17.5 Å². The predicted molar refractivity (Wildman–Crippen MR) is 122 cm³/mol. The summed E-state index contributed by atoms with van der Waals surface area (Å²) in [7, 11) is 3.99. The van der Waals surface area contributed by atoms with Crippen LogP contribution in [0.3, 0.4) is 0 Å². The molecule has 0 saturated heterocycles. The van der Waals surface area contributed by atoms with Gasteiger partial charge in [-0.05, 0) is 43.8 Å². The zero-order valence-corrected chi connectivity index (χ0v) is 18.1. The fraction of sp³-hybridized carbons (Fsp3) is 0.348. The van der Waals surface area contributed by atoms with Crippen LogP contribution < -0.4 is 21.6 Å². The number of amides is 2. The van der Waals surface area contributed by atoms with Gasteiger partial charge in [0.15, 0.2) is 0 Å². The van der Waals surface area contributed by atoms with Crippen LogP contribution in [-0.2, 0) is 13.0 Å². The van der Waals surface area contributed by atoms with E-state index in [1.54, 1.807) is 12.1 Å².